The fourth-order valence-corrected chi connectivity index (χ4v) is 4.93. The van der Waals surface area contributed by atoms with Crippen molar-refractivity contribution in [1.82, 2.24) is 20.0 Å². The lowest BCUT2D eigenvalue weighted by atomic mass is 10.1. The number of aromatic nitrogens is 2. The quantitative estimate of drug-likeness (QED) is 0.737. The first-order valence-corrected chi connectivity index (χ1v) is 11.0. The van der Waals surface area contributed by atoms with E-state index in [4.69, 9.17) is 9.15 Å². The maximum atomic E-state index is 12.8. The molecule has 4 rings (SSSR count). The molecular weight excluding hydrogens is 376 g/mol. The molecule has 1 amide bonds. The van der Waals surface area contributed by atoms with Crippen LogP contribution in [0.3, 0.4) is 0 Å². The maximum Gasteiger partial charge on any atom is 0.248 e. The number of carbonyl (C=O) groups is 1. The monoisotopic (exact) mass is 404 g/mol. The Labute approximate surface area is 169 Å². The van der Waals surface area contributed by atoms with E-state index in [1.807, 2.05) is 16.8 Å². The van der Waals surface area contributed by atoms with Crippen molar-refractivity contribution in [2.45, 2.75) is 57.8 Å². The van der Waals surface area contributed by atoms with Gasteiger partial charge in [0.15, 0.2) is 0 Å². The van der Waals surface area contributed by atoms with E-state index in [-0.39, 0.29) is 18.1 Å². The lowest BCUT2D eigenvalue weighted by molar-refractivity contribution is -0.133. The molecule has 2 saturated heterocycles. The van der Waals surface area contributed by atoms with Crippen molar-refractivity contribution >= 4 is 17.2 Å². The normalized spacial score (nSPS) is 26.1. The zero-order valence-electron chi connectivity index (χ0n) is 16.5. The summed E-state index contributed by atoms with van der Waals surface area (Å²) in [6.45, 7) is 7.91. The predicted octanol–water partition coefficient (Wildman–Crippen LogP) is 2.83. The van der Waals surface area contributed by atoms with Gasteiger partial charge >= 0.3 is 0 Å². The molecule has 2 fully saturated rings. The van der Waals surface area contributed by atoms with Gasteiger partial charge in [0, 0.05) is 56.0 Å². The molecule has 28 heavy (non-hydrogen) atoms. The smallest absolute Gasteiger partial charge is 0.248 e. The molecule has 2 aliphatic heterocycles. The molecular formula is C20H28N4O3S. The molecule has 2 aromatic rings. The van der Waals surface area contributed by atoms with Crippen LogP contribution in [0.25, 0.3) is 11.5 Å². The largest absolute Gasteiger partial charge is 0.421 e. The number of rotatable bonds is 6. The van der Waals surface area contributed by atoms with Crippen LogP contribution in [0.1, 0.15) is 39.0 Å². The third-order valence-corrected chi connectivity index (χ3v) is 6.13. The number of morpholine rings is 1. The van der Waals surface area contributed by atoms with Gasteiger partial charge in [0.1, 0.15) is 0 Å². The minimum Gasteiger partial charge on any atom is -0.421 e. The minimum absolute atomic E-state index is 0.187. The molecule has 152 valence electrons. The van der Waals surface area contributed by atoms with Gasteiger partial charge in [0.2, 0.25) is 17.7 Å². The Kier molecular flexibility index (Phi) is 6.08. The van der Waals surface area contributed by atoms with Crippen molar-refractivity contribution in [3.05, 3.63) is 22.7 Å². The number of carbonyl (C=O) groups excluding carboxylic acids is 1. The number of likely N-dealkylation sites (tertiary alicyclic amines) is 1. The van der Waals surface area contributed by atoms with Gasteiger partial charge < -0.3 is 14.1 Å². The van der Waals surface area contributed by atoms with Gasteiger partial charge in [-0.2, -0.15) is 11.3 Å². The average Bonchev–Trinajstić information content (AvgIpc) is 3.39. The molecule has 0 spiro atoms. The Morgan fingerprint density at radius 3 is 2.86 bits per heavy atom. The number of amides is 1. The zero-order chi connectivity index (χ0) is 19.5. The topological polar surface area (TPSA) is 71.7 Å². The Hall–Kier alpha value is -1.77. The van der Waals surface area contributed by atoms with E-state index >= 15 is 0 Å². The predicted molar refractivity (Wildman–Crippen MR) is 107 cm³/mol. The maximum absolute atomic E-state index is 12.8. The van der Waals surface area contributed by atoms with Crippen molar-refractivity contribution < 1.29 is 13.9 Å². The summed E-state index contributed by atoms with van der Waals surface area (Å²) in [5.74, 6) is 1.24. The highest BCUT2D eigenvalue weighted by molar-refractivity contribution is 7.08. The van der Waals surface area contributed by atoms with Gasteiger partial charge in [-0.1, -0.05) is 0 Å². The van der Waals surface area contributed by atoms with Crippen molar-refractivity contribution in [3.8, 4) is 11.5 Å². The van der Waals surface area contributed by atoms with E-state index in [1.54, 1.807) is 11.3 Å². The summed E-state index contributed by atoms with van der Waals surface area (Å²) < 4.78 is 11.5. The van der Waals surface area contributed by atoms with E-state index in [2.05, 4.69) is 33.8 Å². The number of thiophene rings is 1. The van der Waals surface area contributed by atoms with Crippen LogP contribution in [0.2, 0.25) is 0 Å². The summed E-state index contributed by atoms with van der Waals surface area (Å²) in [4.78, 5) is 17.3. The van der Waals surface area contributed by atoms with Crippen LogP contribution in [0.4, 0.5) is 0 Å². The molecule has 3 unspecified atom stereocenters. The summed E-state index contributed by atoms with van der Waals surface area (Å²) in [6, 6.07) is 2.25. The molecule has 2 aromatic heterocycles. The van der Waals surface area contributed by atoms with Crippen molar-refractivity contribution in [2.24, 2.45) is 0 Å². The Morgan fingerprint density at radius 2 is 2.11 bits per heavy atom. The van der Waals surface area contributed by atoms with Crippen LogP contribution < -0.4 is 0 Å². The summed E-state index contributed by atoms with van der Waals surface area (Å²) >= 11 is 1.59. The van der Waals surface area contributed by atoms with Crippen LogP contribution in [-0.4, -0.2) is 70.3 Å². The van der Waals surface area contributed by atoms with Gasteiger partial charge in [-0.25, -0.2) is 0 Å². The highest BCUT2D eigenvalue weighted by Crippen LogP contribution is 2.23. The fraction of sp³-hybridized carbons (Fsp3) is 0.650. The van der Waals surface area contributed by atoms with E-state index in [0.29, 0.717) is 30.7 Å². The zero-order valence-corrected chi connectivity index (χ0v) is 17.4. The van der Waals surface area contributed by atoms with E-state index < -0.39 is 0 Å². The van der Waals surface area contributed by atoms with E-state index in [0.717, 1.165) is 44.6 Å². The SMILES string of the molecule is CC1CN(CC2CCCN2C(=O)CCc2nnc(-c3ccsc3)o2)CC(C)O1. The summed E-state index contributed by atoms with van der Waals surface area (Å²) in [5, 5.41) is 12.1. The number of aryl methyl sites for hydroxylation is 1. The van der Waals surface area contributed by atoms with Crippen LogP contribution in [-0.2, 0) is 16.0 Å². The lowest BCUT2D eigenvalue weighted by Crippen LogP contribution is -2.50. The Morgan fingerprint density at radius 1 is 1.29 bits per heavy atom. The number of ether oxygens (including phenoxy) is 1. The second kappa shape index (κ2) is 8.71. The average molecular weight is 405 g/mol. The molecule has 3 atom stereocenters. The van der Waals surface area contributed by atoms with E-state index in [9.17, 15) is 4.79 Å². The van der Waals surface area contributed by atoms with Crippen LogP contribution in [0.5, 0.6) is 0 Å². The van der Waals surface area contributed by atoms with Crippen LogP contribution in [0, 0.1) is 0 Å². The van der Waals surface area contributed by atoms with Gasteiger partial charge in [-0.3, -0.25) is 9.69 Å². The summed E-state index contributed by atoms with van der Waals surface area (Å²) in [5.41, 5.74) is 0.934. The second-order valence-corrected chi connectivity index (χ2v) is 8.65. The van der Waals surface area contributed by atoms with Gasteiger partial charge in [0.05, 0.1) is 12.2 Å². The summed E-state index contributed by atoms with van der Waals surface area (Å²) in [7, 11) is 0. The third-order valence-electron chi connectivity index (χ3n) is 5.45. The van der Waals surface area contributed by atoms with Gasteiger partial charge in [-0.15, -0.1) is 10.2 Å². The van der Waals surface area contributed by atoms with Crippen molar-refractivity contribution in [2.75, 3.05) is 26.2 Å². The Balaban J connectivity index is 1.30. The first kappa shape index (κ1) is 19.5. The standard InChI is InChI=1S/C20H28N4O3S/c1-14-10-23(11-15(2)26-14)12-17-4-3-8-24(17)19(25)6-5-18-21-22-20(27-18)16-7-9-28-13-16/h7,9,13-15,17H,3-6,8,10-12H2,1-2H3. The second-order valence-electron chi connectivity index (χ2n) is 7.87. The highest BCUT2D eigenvalue weighted by atomic mass is 32.1. The number of hydrogen-bond acceptors (Lipinski definition) is 7. The van der Waals surface area contributed by atoms with Crippen LogP contribution in [0.15, 0.2) is 21.2 Å². The molecule has 0 aromatic carbocycles. The lowest BCUT2D eigenvalue weighted by Gasteiger charge is -2.38. The van der Waals surface area contributed by atoms with Crippen LogP contribution >= 0.6 is 11.3 Å². The molecule has 4 heterocycles. The van der Waals surface area contributed by atoms with Gasteiger partial charge in [0.25, 0.3) is 0 Å². The van der Waals surface area contributed by atoms with Crippen molar-refractivity contribution in [3.63, 3.8) is 0 Å². The van der Waals surface area contributed by atoms with Crippen molar-refractivity contribution in [1.29, 1.82) is 0 Å². The minimum atomic E-state index is 0.187. The molecule has 0 aliphatic carbocycles. The molecule has 0 N–H and O–H groups in total. The highest BCUT2D eigenvalue weighted by Gasteiger charge is 2.32. The Bertz CT molecular complexity index is 768. The molecule has 0 radical (unpaired) electrons. The third kappa shape index (κ3) is 4.61. The number of hydrogen-bond donors (Lipinski definition) is 0. The first-order chi connectivity index (χ1) is 13.6. The van der Waals surface area contributed by atoms with E-state index in [1.165, 1.54) is 0 Å². The van der Waals surface area contributed by atoms with Gasteiger partial charge in [-0.05, 0) is 38.1 Å². The molecule has 0 saturated carbocycles. The molecule has 7 nitrogen and oxygen atoms in total. The molecule has 8 heteroatoms. The fourth-order valence-electron chi connectivity index (χ4n) is 4.30. The molecule has 2 aliphatic rings. The number of nitrogens with zero attached hydrogens (tertiary/aromatic N) is 4. The molecule has 0 bridgehead atoms. The first-order valence-electron chi connectivity index (χ1n) is 10.1. The summed E-state index contributed by atoms with van der Waals surface area (Å²) in [6.07, 6.45) is 3.57.